The summed E-state index contributed by atoms with van der Waals surface area (Å²) in [7, 11) is 1.80. The van der Waals surface area contributed by atoms with E-state index in [9.17, 15) is 0 Å². The van der Waals surface area contributed by atoms with Crippen molar-refractivity contribution in [2.24, 2.45) is 5.92 Å². The molecule has 96 valence electrons. The highest BCUT2D eigenvalue weighted by atomic mass is 16.5. The third kappa shape index (κ3) is 4.84. The number of hydrogen-bond donors (Lipinski definition) is 1. The Morgan fingerprint density at radius 2 is 2.00 bits per heavy atom. The molecule has 1 aliphatic rings. The molecule has 2 heteroatoms. The van der Waals surface area contributed by atoms with Crippen LogP contribution < -0.4 is 5.32 Å². The zero-order chi connectivity index (χ0) is 11.8. The van der Waals surface area contributed by atoms with E-state index in [1.54, 1.807) is 7.11 Å². The lowest BCUT2D eigenvalue weighted by molar-refractivity contribution is 0.156. The molecule has 0 aromatic rings. The lowest BCUT2D eigenvalue weighted by Crippen LogP contribution is -2.40. The minimum Gasteiger partial charge on any atom is -0.383 e. The van der Waals surface area contributed by atoms with Crippen LogP contribution in [-0.4, -0.2) is 25.8 Å². The molecule has 1 rings (SSSR count). The average Bonchev–Trinajstić information content (AvgIpc) is 2.53. The monoisotopic (exact) mass is 227 g/mol. The van der Waals surface area contributed by atoms with Gasteiger partial charge in [0.25, 0.3) is 0 Å². The van der Waals surface area contributed by atoms with Crippen LogP contribution in [0.3, 0.4) is 0 Å². The molecule has 2 nitrogen and oxygen atoms in total. The Kier molecular flexibility index (Phi) is 7.06. The first-order valence-corrected chi connectivity index (χ1v) is 7.05. The van der Waals surface area contributed by atoms with Crippen LogP contribution in [0.4, 0.5) is 0 Å². The number of hydrogen-bond acceptors (Lipinski definition) is 2. The van der Waals surface area contributed by atoms with Crippen LogP contribution in [0.2, 0.25) is 0 Å². The van der Waals surface area contributed by atoms with E-state index in [0.717, 1.165) is 18.6 Å². The van der Waals surface area contributed by atoms with E-state index < -0.39 is 0 Å². The molecule has 0 spiro atoms. The Bertz CT molecular complexity index is 172. The van der Waals surface area contributed by atoms with Crippen LogP contribution in [-0.2, 0) is 4.74 Å². The van der Waals surface area contributed by atoms with E-state index in [2.05, 4.69) is 19.2 Å². The Labute approximate surface area is 101 Å². The van der Waals surface area contributed by atoms with E-state index in [0.29, 0.717) is 6.04 Å². The summed E-state index contributed by atoms with van der Waals surface area (Å²) in [5, 5.41) is 3.77. The molecule has 0 aliphatic heterocycles. The fraction of sp³-hybridized carbons (Fsp3) is 1.00. The molecule has 1 N–H and O–H groups in total. The Hall–Kier alpha value is -0.0800. The maximum Gasteiger partial charge on any atom is 0.0615 e. The van der Waals surface area contributed by atoms with Crippen LogP contribution in [0.25, 0.3) is 0 Å². The van der Waals surface area contributed by atoms with Crippen molar-refractivity contribution in [1.82, 2.24) is 5.32 Å². The molecule has 0 bridgehead atoms. The fourth-order valence-corrected chi connectivity index (χ4v) is 2.77. The highest BCUT2D eigenvalue weighted by Gasteiger charge is 2.19. The van der Waals surface area contributed by atoms with Crippen molar-refractivity contribution in [2.45, 2.75) is 70.9 Å². The van der Waals surface area contributed by atoms with Gasteiger partial charge in [-0.05, 0) is 31.6 Å². The summed E-state index contributed by atoms with van der Waals surface area (Å²) in [6.07, 6.45) is 9.51. The summed E-state index contributed by atoms with van der Waals surface area (Å²) in [6.45, 7) is 5.42. The summed E-state index contributed by atoms with van der Waals surface area (Å²) in [5.41, 5.74) is 0. The number of methoxy groups -OCH3 is 1. The van der Waals surface area contributed by atoms with Gasteiger partial charge in [0.15, 0.2) is 0 Å². The van der Waals surface area contributed by atoms with Gasteiger partial charge in [-0.3, -0.25) is 0 Å². The molecular weight excluding hydrogens is 198 g/mol. The third-order valence-corrected chi connectivity index (χ3v) is 4.00. The molecule has 1 fully saturated rings. The average molecular weight is 227 g/mol. The van der Waals surface area contributed by atoms with Gasteiger partial charge in [-0.2, -0.15) is 0 Å². The first kappa shape index (κ1) is 14.0. The molecule has 0 amide bonds. The van der Waals surface area contributed by atoms with Gasteiger partial charge in [0.1, 0.15) is 0 Å². The SMILES string of the molecule is CCC1CCCC(NC(CC)COC)CC1. The van der Waals surface area contributed by atoms with Crippen molar-refractivity contribution in [3.63, 3.8) is 0 Å². The highest BCUT2D eigenvalue weighted by molar-refractivity contribution is 4.78. The van der Waals surface area contributed by atoms with E-state index in [1.807, 2.05) is 0 Å². The van der Waals surface area contributed by atoms with E-state index >= 15 is 0 Å². The normalized spacial score (nSPS) is 28.7. The second-order valence-corrected chi connectivity index (χ2v) is 5.21. The molecule has 0 aromatic carbocycles. The van der Waals surface area contributed by atoms with Gasteiger partial charge in [-0.15, -0.1) is 0 Å². The highest BCUT2D eigenvalue weighted by Crippen LogP contribution is 2.25. The first-order valence-electron chi connectivity index (χ1n) is 7.05. The van der Waals surface area contributed by atoms with Gasteiger partial charge >= 0.3 is 0 Å². The summed E-state index contributed by atoms with van der Waals surface area (Å²) < 4.78 is 5.25. The molecule has 1 aliphatic carbocycles. The standard InChI is InChI=1S/C14H29NO/c1-4-12-7-6-8-14(10-9-12)15-13(5-2)11-16-3/h12-15H,4-11H2,1-3H3. The lowest BCUT2D eigenvalue weighted by atomic mass is 9.97. The van der Waals surface area contributed by atoms with E-state index in [-0.39, 0.29) is 0 Å². The molecule has 16 heavy (non-hydrogen) atoms. The van der Waals surface area contributed by atoms with Crippen molar-refractivity contribution in [1.29, 1.82) is 0 Å². The predicted molar refractivity (Wildman–Crippen MR) is 69.7 cm³/mol. The number of rotatable bonds is 6. The molecule has 3 unspecified atom stereocenters. The van der Waals surface area contributed by atoms with Gasteiger partial charge in [0.05, 0.1) is 6.61 Å². The number of nitrogens with one attached hydrogen (secondary N) is 1. The Balaban J connectivity index is 2.30. The molecule has 0 radical (unpaired) electrons. The minimum atomic E-state index is 0.549. The van der Waals surface area contributed by atoms with Crippen molar-refractivity contribution in [3.8, 4) is 0 Å². The quantitative estimate of drug-likeness (QED) is 0.703. The van der Waals surface area contributed by atoms with Crippen LogP contribution in [0.5, 0.6) is 0 Å². The van der Waals surface area contributed by atoms with E-state index in [4.69, 9.17) is 4.74 Å². The van der Waals surface area contributed by atoms with Crippen molar-refractivity contribution in [2.75, 3.05) is 13.7 Å². The Morgan fingerprint density at radius 1 is 1.19 bits per heavy atom. The zero-order valence-corrected chi connectivity index (χ0v) is 11.3. The fourth-order valence-electron chi connectivity index (χ4n) is 2.77. The van der Waals surface area contributed by atoms with Crippen molar-refractivity contribution >= 4 is 0 Å². The topological polar surface area (TPSA) is 21.3 Å². The molecule has 0 saturated heterocycles. The maximum atomic E-state index is 5.25. The maximum absolute atomic E-state index is 5.25. The first-order chi connectivity index (χ1) is 7.80. The van der Waals surface area contributed by atoms with Crippen LogP contribution in [0, 0.1) is 5.92 Å². The van der Waals surface area contributed by atoms with Crippen LogP contribution >= 0.6 is 0 Å². The van der Waals surface area contributed by atoms with Gasteiger partial charge in [-0.1, -0.05) is 33.1 Å². The summed E-state index contributed by atoms with van der Waals surface area (Å²) in [6, 6.07) is 1.28. The minimum absolute atomic E-state index is 0.549. The lowest BCUT2D eigenvalue weighted by Gasteiger charge is -2.23. The van der Waals surface area contributed by atoms with Gasteiger partial charge in [0.2, 0.25) is 0 Å². The van der Waals surface area contributed by atoms with Gasteiger partial charge in [-0.25, -0.2) is 0 Å². The molecular formula is C14H29NO. The summed E-state index contributed by atoms with van der Waals surface area (Å²) >= 11 is 0. The summed E-state index contributed by atoms with van der Waals surface area (Å²) in [5.74, 6) is 0.981. The van der Waals surface area contributed by atoms with Crippen LogP contribution in [0.1, 0.15) is 58.8 Å². The van der Waals surface area contributed by atoms with Crippen molar-refractivity contribution < 1.29 is 4.74 Å². The second kappa shape index (κ2) is 8.08. The third-order valence-electron chi connectivity index (χ3n) is 4.00. The zero-order valence-electron chi connectivity index (χ0n) is 11.3. The Morgan fingerprint density at radius 3 is 2.62 bits per heavy atom. The molecule has 1 saturated carbocycles. The number of ether oxygens (including phenoxy) is 1. The van der Waals surface area contributed by atoms with E-state index in [1.165, 1.54) is 44.9 Å². The molecule has 0 aromatic heterocycles. The van der Waals surface area contributed by atoms with Crippen molar-refractivity contribution in [3.05, 3.63) is 0 Å². The van der Waals surface area contributed by atoms with Gasteiger partial charge < -0.3 is 10.1 Å². The molecule has 0 heterocycles. The van der Waals surface area contributed by atoms with Gasteiger partial charge in [0, 0.05) is 19.2 Å². The largest absolute Gasteiger partial charge is 0.383 e. The second-order valence-electron chi connectivity index (χ2n) is 5.21. The molecule has 3 atom stereocenters. The summed E-state index contributed by atoms with van der Waals surface area (Å²) in [4.78, 5) is 0. The predicted octanol–water partition coefficient (Wildman–Crippen LogP) is 3.36. The smallest absolute Gasteiger partial charge is 0.0615 e. The van der Waals surface area contributed by atoms with Crippen LogP contribution in [0.15, 0.2) is 0 Å².